The van der Waals surface area contributed by atoms with Gasteiger partial charge in [-0.2, -0.15) is 11.8 Å². The van der Waals surface area contributed by atoms with Crippen molar-refractivity contribution in [3.05, 3.63) is 0 Å². The Balaban J connectivity index is 1.71. The molecule has 0 aromatic carbocycles. The molecule has 86 valence electrons. The zero-order valence-electron chi connectivity index (χ0n) is 9.37. The van der Waals surface area contributed by atoms with Crippen LogP contribution in [0, 0.1) is 0 Å². The average Bonchev–Trinajstić information content (AvgIpc) is 2.71. The third-order valence-electron chi connectivity index (χ3n) is 3.34. The number of nitrogens with zero attached hydrogens (tertiary/aromatic N) is 1. The fourth-order valence-corrected chi connectivity index (χ4v) is 3.53. The lowest BCUT2D eigenvalue weighted by molar-refractivity contribution is -0.129. The highest BCUT2D eigenvalue weighted by atomic mass is 32.2. The van der Waals surface area contributed by atoms with Gasteiger partial charge in [-0.15, -0.1) is 0 Å². The Kier molecular flexibility index (Phi) is 3.92. The number of amides is 1. The van der Waals surface area contributed by atoms with Crippen molar-refractivity contribution >= 4 is 17.7 Å². The predicted molar refractivity (Wildman–Crippen MR) is 64.1 cm³/mol. The van der Waals surface area contributed by atoms with Crippen molar-refractivity contribution < 1.29 is 4.79 Å². The molecule has 2 rings (SSSR count). The van der Waals surface area contributed by atoms with Crippen LogP contribution >= 0.6 is 11.8 Å². The summed E-state index contributed by atoms with van der Waals surface area (Å²) in [4.78, 5) is 13.1. The third-order valence-corrected chi connectivity index (χ3v) is 4.50. The van der Waals surface area contributed by atoms with E-state index in [1.165, 1.54) is 17.9 Å². The Morgan fingerprint density at radius 3 is 2.53 bits per heavy atom. The predicted octanol–water partition coefficient (Wildman–Crippen LogP) is 1.09. The Morgan fingerprint density at radius 2 is 2.00 bits per heavy atom. The van der Waals surface area contributed by atoms with Crippen molar-refractivity contribution in [1.29, 1.82) is 0 Å². The largest absolute Gasteiger partial charge is 0.343 e. The van der Waals surface area contributed by atoms with Crippen molar-refractivity contribution in [2.75, 3.05) is 24.6 Å². The van der Waals surface area contributed by atoms with Crippen LogP contribution in [0.5, 0.6) is 0 Å². The molecule has 2 saturated heterocycles. The second-order valence-corrected chi connectivity index (χ2v) is 5.66. The Labute approximate surface area is 96.0 Å². The van der Waals surface area contributed by atoms with Crippen molar-refractivity contribution in [2.45, 2.75) is 38.3 Å². The van der Waals surface area contributed by atoms with Gasteiger partial charge in [0, 0.05) is 37.8 Å². The van der Waals surface area contributed by atoms with E-state index in [1.54, 1.807) is 6.92 Å². The molecule has 1 unspecified atom stereocenters. The summed E-state index contributed by atoms with van der Waals surface area (Å²) in [5.41, 5.74) is 0. The summed E-state index contributed by atoms with van der Waals surface area (Å²) in [6, 6.07) is 1.37. The van der Waals surface area contributed by atoms with E-state index in [-0.39, 0.29) is 5.91 Å². The molecule has 0 saturated carbocycles. The van der Waals surface area contributed by atoms with Gasteiger partial charge in [0.15, 0.2) is 0 Å². The first-order valence-corrected chi connectivity index (χ1v) is 7.00. The second-order valence-electron chi connectivity index (χ2n) is 4.51. The molecule has 0 spiro atoms. The molecule has 2 aliphatic heterocycles. The SMILES string of the molecule is CC(=O)N1CCC(NC2CCSC2)CC1. The minimum atomic E-state index is 0.227. The molecule has 3 nitrogen and oxygen atoms in total. The zero-order chi connectivity index (χ0) is 10.7. The Hall–Kier alpha value is -0.220. The molecule has 0 aromatic rings. The maximum atomic E-state index is 11.2. The maximum Gasteiger partial charge on any atom is 0.219 e. The summed E-state index contributed by atoms with van der Waals surface area (Å²) in [5, 5.41) is 3.72. The fraction of sp³-hybridized carbons (Fsp3) is 0.909. The first kappa shape index (κ1) is 11.3. The number of carbonyl (C=O) groups is 1. The minimum Gasteiger partial charge on any atom is -0.343 e. The van der Waals surface area contributed by atoms with E-state index < -0.39 is 0 Å². The smallest absolute Gasteiger partial charge is 0.219 e. The van der Waals surface area contributed by atoms with Gasteiger partial charge in [-0.25, -0.2) is 0 Å². The molecule has 0 radical (unpaired) electrons. The minimum absolute atomic E-state index is 0.227. The van der Waals surface area contributed by atoms with E-state index in [4.69, 9.17) is 0 Å². The van der Waals surface area contributed by atoms with E-state index in [9.17, 15) is 4.79 Å². The summed E-state index contributed by atoms with van der Waals surface area (Å²) >= 11 is 2.05. The molecule has 1 amide bonds. The van der Waals surface area contributed by atoms with E-state index in [1.807, 2.05) is 16.7 Å². The zero-order valence-corrected chi connectivity index (χ0v) is 10.2. The number of rotatable bonds is 2. The lowest BCUT2D eigenvalue weighted by Crippen LogP contribution is -2.47. The number of hydrogen-bond acceptors (Lipinski definition) is 3. The van der Waals surface area contributed by atoms with E-state index in [0.717, 1.165) is 32.0 Å². The number of hydrogen-bond donors (Lipinski definition) is 1. The van der Waals surface area contributed by atoms with Crippen LogP contribution in [0.3, 0.4) is 0 Å². The molecule has 2 aliphatic rings. The maximum absolute atomic E-state index is 11.2. The second kappa shape index (κ2) is 5.21. The van der Waals surface area contributed by atoms with Gasteiger partial charge < -0.3 is 10.2 Å². The first-order valence-electron chi connectivity index (χ1n) is 5.85. The van der Waals surface area contributed by atoms with Crippen LogP contribution in [-0.4, -0.2) is 47.5 Å². The van der Waals surface area contributed by atoms with Gasteiger partial charge in [0.05, 0.1) is 0 Å². The normalized spacial score (nSPS) is 28.3. The van der Waals surface area contributed by atoms with Crippen molar-refractivity contribution in [3.63, 3.8) is 0 Å². The summed E-state index contributed by atoms with van der Waals surface area (Å²) in [6.07, 6.45) is 3.57. The monoisotopic (exact) mass is 228 g/mol. The lowest BCUT2D eigenvalue weighted by atomic mass is 10.0. The molecule has 1 N–H and O–H groups in total. The van der Waals surface area contributed by atoms with Crippen LogP contribution in [0.4, 0.5) is 0 Å². The highest BCUT2D eigenvalue weighted by molar-refractivity contribution is 7.99. The molecular formula is C11H20N2OS. The molecule has 1 atom stereocenters. The van der Waals surface area contributed by atoms with Crippen LogP contribution < -0.4 is 5.32 Å². The molecule has 2 heterocycles. The quantitative estimate of drug-likeness (QED) is 0.768. The Morgan fingerprint density at radius 1 is 1.27 bits per heavy atom. The van der Waals surface area contributed by atoms with Gasteiger partial charge in [-0.3, -0.25) is 4.79 Å². The van der Waals surface area contributed by atoms with Crippen molar-refractivity contribution in [2.24, 2.45) is 0 Å². The van der Waals surface area contributed by atoms with E-state index >= 15 is 0 Å². The van der Waals surface area contributed by atoms with Crippen molar-refractivity contribution in [1.82, 2.24) is 10.2 Å². The van der Waals surface area contributed by atoms with Gasteiger partial charge in [0.25, 0.3) is 0 Å². The summed E-state index contributed by atoms with van der Waals surface area (Å²) in [6.45, 7) is 3.54. The van der Waals surface area contributed by atoms with Gasteiger partial charge >= 0.3 is 0 Å². The summed E-state index contributed by atoms with van der Waals surface area (Å²) < 4.78 is 0. The highest BCUT2D eigenvalue weighted by Crippen LogP contribution is 2.19. The van der Waals surface area contributed by atoms with E-state index in [2.05, 4.69) is 5.32 Å². The third kappa shape index (κ3) is 3.11. The Bertz CT molecular complexity index is 221. The van der Waals surface area contributed by atoms with E-state index in [0.29, 0.717) is 6.04 Å². The molecule has 4 heteroatoms. The molecular weight excluding hydrogens is 208 g/mol. The van der Waals surface area contributed by atoms with Crippen LogP contribution in [0.1, 0.15) is 26.2 Å². The topological polar surface area (TPSA) is 32.3 Å². The van der Waals surface area contributed by atoms with Gasteiger partial charge in [0.2, 0.25) is 5.91 Å². The summed E-state index contributed by atoms with van der Waals surface area (Å²) in [7, 11) is 0. The van der Waals surface area contributed by atoms with Crippen LogP contribution in [0.2, 0.25) is 0 Å². The standard InChI is InChI=1S/C11H20N2OS/c1-9(14)13-5-2-10(3-6-13)12-11-4-7-15-8-11/h10-12H,2-8H2,1H3. The lowest BCUT2D eigenvalue weighted by Gasteiger charge is -2.33. The fourth-order valence-electron chi connectivity index (χ4n) is 2.36. The summed E-state index contributed by atoms with van der Waals surface area (Å²) in [5.74, 6) is 2.81. The van der Waals surface area contributed by atoms with Crippen molar-refractivity contribution in [3.8, 4) is 0 Å². The molecule has 15 heavy (non-hydrogen) atoms. The molecule has 0 aliphatic carbocycles. The number of carbonyl (C=O) groups excluding carboxylic acids is 1. The van der Waals surface area contributed by atoms with Gasteiger partial charge in [-0.05, 0) is 25.0 Å². The van der Waals surface area contributed by atoms with Crippen LogP contribution in [-0.2, 0) is 4.79 Å². The first-order chi connectivity index (χ1) is 7.25. The van der Waals surface area contributed by atoms with Crippen LogP contribution in [0.25, 0.3) is 0 Å². The average molecular weight is 228 g/mol. The molecule has 0 bridgehead atoms. The number of likely N-dealkylation sites (tertiary alicyclic amines) is 1. The number of piperidine rings is 1. The van der Waals surface area contributed by atoms with Gasteiger partial charge in [0.1, 0.15) is 0 Å². The van der Waals surface area contributed by atoms with Gasteiger partial charge in [-0.1, -0.05) is 0 Å². The van der Waals surface area contributed by atoms with Crippen LogP contribution in [0.15, 0.2) is 0 Å². The number of thioether (sulfide) groups is 1. The molecule has 0 aromatic heterocycles. The molecule has 2 fully saturated rings. The highest BCUT2D eigenvalue weighted by Gasteiger charge is 2.24. The number of nitrogens with one attached hydrogen (secondary N) is 1.